The molecule has 0 saturated carbocycles. The monoisotopic (exact) mass is 406 g/mol. The average molecular weight is 406 g/mol. The molecule has 0 aliphatic carbocycles. The van der Waals surface area contributed by atoms with Crippen molar-refractivity contribution >= 4 is 23.3 Å². The SMILES string of the molecule is CCOc1ccccc1NC(=O)CC1C(=O)Nc2c(-c3ccc(OC)cc3)cnn21. The van der Waals surface area contributed by atoms with Crippen LogP contribution >= 0.6 is 0 Å². The number of para-hydroxylation sites is 2. The van der Waals surface area contributed by atoms with Crippen molar-refractivity contribution in [3.63, 3.8) is 0 Å². The number of aromatic nitrogens is 2. The summed E-state index contributed by atoms with van der Waals surface area (Å²) >= 11 is 0. The third kappa shape index (κ3) is 3.71. The van der Waals surface area contributed by atoms with Gasteiger partial charge in [0.15, 0.2) is 0 Å². The summed E-state index contributed by atoms with van der Waals surface area (Å²) < 4.78 is 12.3. The van der Waals surface area contributed by atoms with Crippen molar-refractivity contribution in [3.8, 4) is 22.6 Å². The van der Waals surface area contributed by atoms with Crippen LogP contribution < -0.4 is 20.1 Å². The lowest BCUT2D eigenvalue weighted by molar-refractivity contribution is -0.123. The molecule has 2 amide bonds. The maximum atomic E-state index is 12.6. The van der Waals surface area contributed by atoms with Gasteiger partial charge < -0.3 is 20.1 Å². The lowest BCUT2D eigenvalue weighted by atomic mass is 10.1. The van der Waals surface area contributed by atoms with Crippen molar-refractivity contribution < 1.29 is 19.1 Å². The number of nitrogens with one attached hydrogen (secondary N) is 2. The summed E-state index contributed by atoms with van der Waals surface area (Å²) in [6.07, 6.45) is 1.65. The van der Waals surface area contributed by atoms with Gasteiger partial charge in [-0.15, -0.1) is 0 Å². The second-order valence-corrected chi connectivity index (χ2v) is 6.77. The van der Waals surface area contributed by atoms with Gasteiger partial charge in [0.05, 0.1) is 32.0 Å². The van der Waals surface area contributed by atoms with Gasteiger partial charge in [0.25, 0.3) is 5.91 Å². The summed E-state index contributed by atoms with van der Waals surface area (Å²) in [5, 5.41) is 10.0. The van der Waals surface area contributed by atoms with Gasteiger partial charge in [-0.05, 0) is 36.8 Å². The molecule has 30 heavy (non-hydrogen) atoms. The minimum atomic E-state index is -0.716. The molecule has 2 heterocycles. The summed E-state index contributed by atoms with van der Waals surface area (Å²) in [5.41, 5.74) is 2.26. The number of ether oxygens (including phenoxy) is 2. The van der Waals surface area contributed by atoms with Crippen LogP contribution in [0.15, 0.2) is 54.7 Å². The number of hydrogen-bond acceptors (Lipinski definition) is 5. The van der Waals surface area contributed by atoms with Gasteiger partial charge in [-0.2, -0.15) is 5.10 Å². The van der Waals surface area contributed by atoms with E-state index < -0.39 is 6.04 Å². The van der Waals surface area contributed by atoms with Crippen molar-refractivity contribution in [1.29, 1.82) is 0 Å². The van der Waals surface area contributed by atoms with Gasteiger partial charge in [-0.3, -0.25) is 9.59 Å². The molecule has 0 bridgehead atoms. The number of fused-ring (bicyclic) bond motifs is 1. The Morgan fingerprint density at radius 3 is 2.70 bits per heavy atom. The van der Waals surface area contributed by atoms with Crippen LogP contribution in [0.2, 0.25) is 0 Å². The maximum absolute atomic E-state index is 12.6. The molecular formula is C22H22N4O4. The van der Waals surface area contributed by atoms with E-state index in [4.69, 9.17) is 9.47 Å². The molecule has 0 radical (unpaired) electrons. The molecule has 8 heteroatoms. The zero-order valence-electron chi connectivity index (χ0n) is 16.7. The fourth-order valence-corrected chi connectivity index (χ4v) is 3.42. The minimum Gasteiger partial charge on any atom is -0.497 e. The van der Waals surface area contributed by atoms with Gasteiger partial charge in [0, 0.05) is 5.56 Å². The van der Waals surface area contributed by atoms with Crippen LogP contribution in [0.4, 0.5) is 11.5 Å². The topological polar surface area (TPSA) is 94.5 Å². The van der Waals surface area contributed by atoms with Gasteiger partial charge in [-0.25, -0.2) is 4.68 Å². The van der Waals surface area contributed by atoms with Crippen LogP contribution in [0, 0.1) is 0 Å². The number of rotatable bonds is 7. The first-order valence-corrected chi connectivity index (χ1v) is 9.65. The second-order valence-electron chi connectivity index (χ2n) is 6.77. The molecule has 2 N–H and O–H groups in total. The first-order valence-electron chi connectivity index (χ1n) is 9.65. The summed E-state index contributed by atoms with van der Waals surface area (Å²) in [4.78, 5) is 25.2. The molecule has 0 fully saturated rings. The average Bonchev–Trinajstić information content (AvgIpc) is 3.29. The standard InChI is InChI=1S/C22H22N4O4/c1-3-30-19-7-5-4-6-17(19)24-20(27)12-18-22(28)25-21-16(13-23-26(18)21)14-8-10-15(29-2)11-9-14/h4-11,13,18H,3,12H2,1-2H3,(H,24,27)(H,25,28). The Kier molecular flexibility index (Phi) is 5.38. The first kappa shape index (κ1) is 19.5. The van der Waals surface area contributed by atoms with E-state index in [1.54, 1.807) is 30.1 Å². The molecule has 154 valence electrons. The second kappa shape index (κ2) is 8.28. The van der Waals surface area contributed by atoms with E-state index in [9.17, 15) is 9.59 Å². The fraction of sp³-hybridized carbons (Fsp3) is 0.227. The zero-order chi connectivity index (χ0) is 21.1. The van der Waals surface area contributed by atoms with Crippen molar-refractivity contribution in [2.24, 2.45) is 0 Å². The molecule has 1 aliphatic rings. The van der Waals surface area contributed by atoms with E-state index in [1.165, 1.54) is 0 Å². The molecule has 1 unspecified atom stereocenters. The molecule has 1 atom stereocenters. The predicted molar refractivity (Wildman–Crippen MR) is 113 cm³/mol. The lowest BCUT2D eigenvalue weighted by Gasteiger charge is -2.13. The Hall–Kier alpha value is -3.81. The van der Waals surface area contributed by atoms with E-state index in [-0.39, 0.29) is 18.2 Å². The van der Waals surface area contributed by atoms with Gasteiger partial charge in [0.1, 0.15) is 23.4 Å². The molecule has 1 aliphatic heterocycles. The quantitative estimate of drug-likeness (QED) is 0.626. The summed E-state index contributed by atoms with van der Waals surface area (Å²) in [7, 11) is 1.61. The summed E-state index contributed by atoms with van der Waals surface area (Å²) in [6, 6.07) is 14.0. The Balaban J connectivity index is 1.51. The number of carbonyl (C=O) groups excluding carboxylic acids is 2. The van der Waals surface area contributed by atoms with Crippen molar-refractivity contribution in [2.45, 2.75) is 19.4 Å². The van der Waals surface area contributed by atoms with Crippen LogP contribution in [-0.4, -0.2) is 35.3 Å². The smallest absolute Gasteiger partial charge is 0.251 e. The largest absolute Gasteiger partial charge is 0.497 e. The highest BCUT2D eigenvalue weighted by molar-refractivity contribution is 6.04. The van der Waals surface area contributed by atoms with Crippen molar-refractivity contribution in [1.82, 2.24) is 9.78 Å². The molecule has 8 nitrogen and oxygen atoms in total. The molecule has 0 saturated heterocycles. The maximum Gasteiger partial charge on any atom is 0.251 e. The van der Waals surface area contributed by atoms with Crippen molar-refractivity contribution in [2.75, 3.05) is 24.4 Å². The fourth-order valence-electron chi connectivity index (χ4n) is 3.42. The molecule has 2 aromatic carbocycles. The Morgan fingerprint density at radius 2 is 1.97 bits per heavy atom. The van der Waals surface area contributed by atoms with E-state index in [1.807, 2.05) is 43.3 Å². The molecule has 4 rings (SSSR count). The highest BCUT2D eigenvalue weighted by Crippen LogP contribution is 2.36. The van der Waals surface area contributed by atoms with E-state index in [2.05, 4.69) is 15.7 Å². The first-order chi connectivity index (χ1) is 14.6. The highest BCUT2D eigenvalue weighted by Gasteiger charge is 2.35. The highest BCUT2D eigenvalue weighted by atomic mass is 16.5. The number of amides is 2. The Morgan fingerprint density at radius 1 is 1.20 bits per heavy atom. The molecule has 0 spiro atoms. The third-order valence-electron chi connectivity index (χ3n) is 4.88. The minimum absolute atomic E-state index is 0.0387. The Bertz CT molecular complexity index is 1070. The van der Waals surface area contributed by atoms with Gasteiger partial charge in [-0.1, -0.05) is 24.3 Å². The van der Waals surface area contributed by atoms with Gasteiger partial charge in [0.2, 0.25) is 5.91 Å². The number of benzene rings is 2. The zero-order valence-corrected chi connectivity index (χ0v) is 16.7. The molecule has 3 aromatic rings. The van der Waals surface area contributed by atoms with Crippen molar-refractivity contribution in [3.05, 3.63) is 54.7 Å². The van der Waals surface area contributed by atoms with E-state index >= 15 is 0 Å². The van der Waals surface area contributed by atoms with Gasteiger partial charge >= 0.3 is 0 Å². The van der Waals surface area contributed by atoms with E-state index in [0.29, 0.717) is 23.9 Å². The summed E-state index contributed by atoms with van der Waals surface area (Å²) in [5.74, 6) is 1.36. The predicted octanol–water partition coefficient (Wildman–Crippen LogP) is 3.48. The number of anilines is 2. The van der Waals surface area contributed by atoms with Crippen LogP contribution in [0.3, 0.4) is 0 Å². The van der Waals surface area contributed by atoms with Crippen LogP contribution in [0.5, 0.6) is 11.5 Å². The Labute approximate surface area is 173 Å². The number of nitrogens with zero attached hydrogens (tertiary/aromatic N) is 2. The number of methoxy groups -OCH3 is 1. The number of hydrogen-bond donors (Lipinski definition) is 2. The number of carbonyl (C=O) groups is 2. The lowest BCUT2D eigenvalue weighted by Crippen LogP contribution is -2.23. The van der Waals surface area contributed by atoms with Crippen LogP contribution in [0.1, 0.15) is 19.4 Å². The normalized spacial score (nSPS) is 14.7. The molecule has 1 aromatic heterocycles. The van der Waals surface area contributed by atoms with Crippen LogP contribution in [-0.2, 0) is 9.59 Å². The van der Waals surface area contributed by atoms with Crippen LogP contribution in [0.25, 0.3) is 11.1 Å². The molecular weight excluding hydrogens is 384 g/mol. The third-order valence-corrected chi connectivity index (χ3v) is 4.88. The van der Waals surface area contributed by atoms with E-state index in [0.717, 1.165) is 16.9 Å². The summed E-state index contributed by atoms with van der Waals surface area (Å²) in [6.45, 7) is 2.36.